The molecule has 0 aliphatic heterocycles. The zero-order chi connectivity index (χ0) is 20.3. The molecule has 3 rings (SSSR count). The van der Waals surface area contributed by atoms with Crippen LogP contribution in [0.15, 0.2) is 47.3 Å². The molecule has 0 aliphatic carbocycles. The monoisotopic (exact) mass is 449 g/mol. The van der Waals surface area contributed by atoms with Crippen LogP contribution in [0, 0.1) is 19.8 Å². The highest BCUT2D eigenvalue weighted by atomic mass is 35.5. The van der Waals surface area contributed by atoms with Gasteiger partial charge in [-0.1, -0.05) is 43.7 Å². The van der Waals surface area contributed by atoms with E-state index >= 15 is 0 Å². The maximum Gasteiger partial charge on any atom is 0.258 e. The summed E-state index contributed by atoms with van der Waals surface area (Å²) >= 11 is 0. The van der Waals surface area contributed by atoms with Gasteiger partial charge in [0.1, 0.15) is 6.26 Å². The Morgan fingerprint density at radius 3 is 2.33 bits per heavy atom. The summed E-state index contributed by atoms with van der Waals surface area (Å²) in [5, 5.41) is 3.03. The number of anilines is 1. The van der Waals surface area contributed by atoms with Crippen molar-refractivity contribution in [2.45, 2.75) is 40.7 Å². The Morgan fingerprint density at radius 2 is 1.80 bits per heavy atom. The Labute approximate surface area is 190 Å². The second kappa shape index (κ2) is 11.2. The van der Waals surface area contributed by atoms with E-state index in [-0.39, 0.29) is 30.7 Å². The van der Waals surface area contributed by atoms with Crippen molar-refractivity contribution in [1.29, 1.82) is 0 Å². The van der Waals surface area contributed by atoms with Crippen LogP contribution in [0.5, 0.6) is 0 Å². The molecule has 5 nitrogen and oxygen atoms in total. The SMILES string of the molecule is Cc1ccc(-c2c(CN)c(CC(C)C)nc(C)c2NC(=O)c2ccoc2)cc1.Cl.Cl. The predicted molar refractivity (Wildman–Crippen MR) is 127 cm³/mol. The minimum absolute atomic E-state index is 0. The zero-order valence-corrected chi connectivity index (χ0v) is 19.3. The Balaban J connectivity index is 0.00000225. The van der Waals surface area contributed by atoms with Gasteiger partial charge in [0, 0.05) is 17.8 Å². The average molecular weight is 450 g/mol. The van der Waals surface area contributed by atoms with Crippen molar-refractivity contribution in [2.24, 2.45) is 11.7 Å². The number of furan rings is 1. The fourth-order valence-corrected chi connectivity index (χ4v) is 3.35. The smallest absolute Gasteiger partial charge is 0.258 e. The van der Waals surface area contributed by atoms with Gasteiger partial charge in [-0.05, 0) is 43.4 Å². The fourth-order valence-electron chi connectivity index (χ4n) is 3.35. The first-order chi connectivity index (χ1) is 13.4. The van der Waals surface area contributed by atoms with Crippen LogP contribution in [-0.2, 0) is 13.0 Å². The van der Waals surface area contributed by atoms with Gasteiger partial charge in [-0.3, -0.25) is 9.78 Å². The molecule has 0 unspecified atom stereocenters. The van der Waals surface area contributed by atoms with Gasteiger partial charge in [-0.2, -0.15) is 0 Å². The first-order valence-electron chi connectivity index (χ1n) is 9.53. The molecule has 2 aromatic heterocycles. The molecule has 3 N–H and O–H groups in total. The average Bonchev–Trinajstić information content (AvgIpc) is 3.18. The van der Waals surface area contributed by atoms with E-state index in [0.717, 1.165) is 34.5 Å². The van der Waals surface area contributed by atoms with Gasteiger partial charge in [-0.25, -0.2) is 0 Å². The maximum absolute atomic E-state index is 12.7. The summed E-state index contributed by atoms with van der Waals surface area (Å²) in [4.78, 5) is 17.5. The van der Waals surface area contributed by atoms with E-state index in [2.05, 4.69) is 50.4 Å². The number of nitrogens with zero attached hydrogens (tertiary/aromatic N) is 1. The highest BCUT2D eigenvalue weighted by Crippen LogP contribution is 2.36. The van der Waals surface area contributed by atoms with Crippen molar-refractivity contribution >= 4 is 36.4 Å². The molecule has 3 aromatic rings. The minimum Gasteiger partial charge on any atom is -0.472 e. The van der Waals surface area contributed by atoms with Crippen LogP contribution in [-0.4, -0.2) is 10.9 Å². The second-order valence-electron chi connectivity index (χ2n) is 7.51. The molecule has 0 saturated carbocycles. The number of nitrogens with one attached hydrogen (secondary N) is 1. The van der Waals surface area contributed by atoms with Crippen molar-refractivity contribution in [3.63, 3.8) is 0 Å². The standard InChI is InChI=1S/C23H27N3O2.2ClH/c1-14(2)11-20-19(12-24)21(17-7-5-15(3)6-8-17)22(16(4)25-20)26-23(27)18-9-10-28-13-18;;/h5-10,13-14H,11-12,24H2,1-4H3,(H,26,27);2*1H. The van der Waals surface area contributed by atoms with Gasteiger partial charge >= 0.3 is 0 Å². The first-order valence-corrected chi connectivity index (χ1v) is 9.53. The van der Waals surface area contributed by atoms with Crippen LogP contribution in [0.1, 0.15) is 46.7 Å². The summed E-state index contributed by atoms with van der Waals surface area (Å²) in [6.07, 6.45) is 3.75. The molecule has 162 valence electrons. The predicted octanol–water partition coefficient (Wildman–Crippen LogP) is 5.71. The number of benzene rings is 1. The van der Waals surface area contributed by atoms with E-state index in [1.807, 2.05) is 6.92 Å². The number of halogens is 2. The highest BCUT2D eigenvalue weighted by molar-refractivity contribution is 6.06. The molecule has 0 radical (unpaired) electrons. The topological polar surface area (TPSA) is 81.1 Å². The summed E-state index contributed by atoms with van der Waals surface area (Å²) in [6.45, 7) is 8.66. The van der Waals surface area contributed by atoms with Gasteiger partial charge in [0.25, 0.3) is 5.91 Å². The number of hydrogen-bond donors (Lipinski definition) is 2. The zero-order valence-electron chi connectivity index (χ0n) is 17.7. The molecular weight excluding hydrogens is 421 g/mol. The number of nitrogens with two attached hydrogens (primary N) is 1. The molecule has 0 fully saturated rings. The molecule has 0 spiro atoms. The molecule has 1 amide bonds. The molecule has 2 heterocycles. The van der Waals surface area contributed by atoms with E-state index in [4.69, 9.17) is 15.1 Å². The van der Waals surface area contributed by atoms with Crippen LogP contribution in [0.3, 0.4) is 0 Å². The van der Waals surface area contributed by atoms with Gasteiger partial charge in [0.2, 0.25) is 0 Å². The van der Waals surface area contributed by atoms with Gasteiger partial charge in [-0.15, -0.1) is 24.8 Å². The van der Waals surface area contributed by atoms with E-state index < -0.39 is 0 Å². The molecule has 0 atom stereocenters. The van der Waals surface area contributed by atoms with Crippen LogP contribution in [0.4, 0.5) is 5.69 Å². The Morgan fingerprint density at radius 1 is 1.13 bits per heavy atom. The quantitative estimate of drug-likeness (QED) is 0.504. The number of aryl methyl sites for hydroxylation is 2. The van der Waals surface area contributed by atoms with Crippen molar-refractivity contribution in [3.05, 3.63) is 70.9 Å². The summed E-state index contributed by atoms with van der Waals surface area (Å²) in [5.41, 5.74) is 13.2. The number of rotatable bonds is 6. The van der Waals surface area contributed by atoms with Crippen LogP contribution in [0.25, 0.3) is 11.1 Å². The second-order valence-corrected chi connectivity index (χ2v) is 7.51. The number of aromatic nitrogens is 1. The summed E-state index contributed by atoms with van der Waals surface area (Å²) in [5.74, 6) is 0.223. The third kappa shape index (κ3) is 5.63. The minimum atomic E-state index is -0.230. The molecule has 0 saturated heterocycles. The Bertz CT molecular complexity index is 969. The van der Waals surface area contributed by atoms with Crippen molar-refractivity contribution in [1.82, 2.24) is 4.98 Å². The molecular formula is C23H29Cl2N3O2. The van der Waals surface area contributed by atoms with E-state index in [1.54, 1.807) is 6.07 Å². The van der Waals surface area contributed by atoms with E-state index in [9.17, 15) is 4.79 Å². The lowest BCUT2D eigenvalue weighted by molar-refractivity contribution is 0.102. The largest absolute Gasteiger partial charge is 0.472 e. The third-order valence-electron chi connectivity index (χ3n) is 4.73. The number of pyridine rings is 1. The molecule has 0 aliphatic rings. The number of carbonyl (C=O) groups excluding carboxylic acids is 1. The van der Waals surface area contributed by atoms with Crippen LogP contribution in [0.2, 0.25) is 0 Å². The van der Waals surface area contributed by atoms with Crippen molar-refractivity contribution in [3.8, 4) is 11.1 Å². The fraction of sp³-hybridized carbons (Fsp3) is 0.304. The van der Waals surface area contributed by atoms with Crippen LogP contribution >= 0.6 is 24.8 Å². The highest BCUT2D eigenvalue weighted by Gasteiger charge is 2.21. The van der Waals surface area contributed by atoms with Gasteiger partial charge in [0.15, 0.2) is 0 Å². The normalized spacial score (nSPS) is 10.3. The van der Waals surface area contributed by atoms with E-state index in [1.165, 1.54) is 18.1 Å². The van der Waals surface area contributed by atoms with Gasteiger partial charge < -0.3 is 15.5 Å². The Kier molecular flexibility index (Phi) is 9.56. The van der Waals surface area contributed by atoms with Gasteiger partial charge in [0.05, 0.1) is 23.2 Å². The van der Waals surface area contributed by atoms with Crippen LogP contribution < -0.4 is 11.1 Å². The third-order valence-corrected chi connectivity index (χ3v) is 4.73. The lowest BCUT2D eigenvalue weighted by atomic mass is 9.92. The van der Waals surface area contributed by atoms with Crippen molar-refractivity contribution in [2.75, 3.05) is 5.32 Å². The molecule has 30 heavy (non-hydrogen) atoms. The molecule has 0 bridgehead atoms. The summed E-state index contributed by atoms with van der Waals surface area (Å²) in [7, 11) is 0. The molecule has 1 aromatic carbocycles. The lowest BCUT2D eigenvalue weighted by Crippen LogP contribution is -2.17. The molecule has 7 heteroatoms. The first kappa shape index (κ1) is 25.7. The number of hydrogen-bond acceptors (Lipinski definition) is 4. The maximum atomic E-state index is 12.7. The lowest BCUT2D eigenvalue weighted by Gasteiger charge is -2.21. The number of amides is 1. The van der Waals surface area contributed by atoms with Crippen molar-refractivity contribution < 1.29 is 9.21 Å². The van der Waals surface area contributed by atoms with E-state index in [0.29, 0.717) is 23.7 Å². The Hall–Kier alpha value is -2.34. The summed E-state index contributed by atoms with van der Waals surface area (Å²) in [6, 6.07) is 9.90. The number of carbonyl (C=O) groups is 1. The summed E-state index contributed by atoms with van der Waals surface area (Å²) < 4.78 is 5.04.